The van der Waals surface area contributed by atoms with Gasteiger partial charge >= 0.3 is 6.03 Å². The van der Waals surface area contributed by atoms with Crippen molar-refractivity contribution in [3.8, 4) is 17.2 Å². The number of carbonyl (C=O) groups is 3. The maximum Gasteiger partial charge on any atom is 0.331 e. The van der Waals surface area contributed by atoms with Gasteiger partial charge in [-0.2, -0.15) is 0 Å². The molecule has 0 aromatic heterocycles. The Balaban J connectivity index is 1.87. The number of rotatable bonds is 8. The molecule has 2 N–H and O–H groups in total. The number of carbonyl (C=O) groups excluding carboxylic acids is 3. The molecule has 0 spiro atoms. The van der Waals surface area contributed by atoms with E-state index in [1.165, 1.54) is 12.1 Å². The van der Waals surface area contributed by atoms with E-state index >= 15 is 0 Å². The van der Waals surface area contributed by atoms with E-state index in [9.17, 15) is 19.5 Å². The number of imide groups is 2. The summed E-state index contributed by atoms with van der Waals surface area (Å²) in [5.41, 5.74) is 0.968. The maximum absolute atomic E-state index is 13.0. The lowest BCUT2D eigenvalue weighted by Gasteiger charge is -2.26. The van der Waals surface area contributed by atoms with Crippen LogP contribution in [0, 0.1) is 0 Å². The Hall–Kier alpha value is -3.33. The highest BCUT2D eigenvalue weighted by Crippen LogP contribution is 2.30. The maximum atomic E-state index is 13.0. The zero-order chi connectivity index (χ0) is 23.3. The standard InChI is InChI=1S/C23H23BrN2O6/c1-3-9-32-19-8-6-15(12-20(19)31-4-2)13-26-22(29)16(21(28)25-23(26)30)10-14-5-7-18(27)17(24)11-14/h5-8,10-12,27H,3-4,9,13H2,1-2H3,(H,25,28,30)/b16-10+. The molecule has 0 radical (unpaired) electrons. The first-order valence-electron chi connectivity index (χ1n) is 10.1. The number of phenols is 1. The third-order valence-electron chi connectivity index (χ3n) is 4.58. The number of urea groups is 1. The molecule has 0 aliphatic carbocycles. The van der Waals surface area contributed by atoms with Crippen LogP contribution in [0.4, 0.5) is 4.79 Å². The van der Waals surface area contributed by atoms with Gasteiger partial charge in [-0.1, -0.05) is 19.1 Å². The minimum atomic E-state index is -0.798. The molecule has 0 bridgehead atoms. The van der Waals surface area contributed by atoms with Crippen molar-refractivity contribution in [2.45, 2.75) is 26.8 Å². The number of halogens is 1. The third-order valence-corrected chi connectivity index (χ3v) is 5.21. The van der Waals surface area contributed by atoms with Crippen molar-refractivity contribution in [2.24, 2.45) is 0 Å². The normalized spacial score (nSPS) is 15.2. The fraction of sp³-hybridized carbons (Fsp3) is 0.261. The second-order valence-corrected chi connectivity index (χ2v) is 7.84. The highest BCUT2D eigenvalue weighted by atomic mass is 79.9. The van der Waals surface area contributed by atoms with Crippen molar-refractivity contribution >= 4 is 39.9 Å². The quantitative estimate of drug-likeness (QED) is 0.417. The van der Waals surface area contributed by atoms with E-state index in [1.807, 2.05) is 13.8 Å². The number of aromatic hydroxyl groups is 1. The second-order valence-electron chi connectivity index (χ2n) is 6.98. The highest BCUT2D eigenvalue weighted by Gasteiger charge is 2.35. The number of hydrogen-bond acceptors (Lipinski definition) is 6. The smallest absolute Gasteiger partial charge is 0.331 e. The third kappa shape index (κ3) is 5.28. The molecule has 168 valence electrons. The van der Waals surface area contributed by atoms with Crippen LogP contribution in [0.15, 0.2) is 46.4 Å². The molecule has 2 aromatic carbocycles. The number of amides is 4. The summed E-state index contributed by atoms with van der Waals surface area (Å²) in [5.74, 6) is -0.365. The Morgan fingerprint density at radius 3 is 2.53 bits per heavy atom. The summed E-state index contributed by atoms with van der Waals surface area (Å²) in [6.45, 7) is 4.76. The van der Waals surface area contributed by atoms with Gasteiger partial charge in [0.1, 0.15) is 11.3 Å². The van der Waals surface area contributed by atoms with Crippen molar-refractivity contribution in [1.82, 2.24) is 10.2 Å². The van der Waals surface area contributed by atoms with Crippen LogP contribution in [0.25, 0.3) is 6.08 Å². The van der Waals surface area contributed by atoms with Gasteiger partial charge in [-0.15, -0.1) is 0 Å². The number of phenolic OH excluding ortho intramolecular Hbond substituents is 1. The van der Waals surface area contributed by atoms with E-state index in [0.29, 0.717) is 40.3 Å². The minimum Gasteiger partial charge on any atom is -0.507 e. The molecule has 0 atom stereocenters. The van der Waals surface area contributed by atoms with Gasteiger partial charge in [0.05, 0.1) is 24.2 Å². The summed E-state index contributed by atoms with van der Waals surface area (Å²) in [6, 6.07) is 8.94. The lowest BCUT2D eigenvalue weighted by Crippen LogP contribution is -2.53. The number of ether oxygens (including phenoxy) is 2. The van der Waals surface area contributed by atoms with E-state index < -0.39 is 17.8 Å². The van der Waals surface area contributed by atoms with Gasteiger partial charge in [-0.25, -0.2) is 4.79 Å². The minimum absolute atomic E-state index is 0.0276. The first kappa shape index (κ1) is 23.3. The molecule has 1 heterocycles. The Kier molecular flexibility index (Phi) is 7.53. The molecule has 8 nitrogen and oxygen atoms in total. The number of hydrogen-bond donors (Lipinski definition) is 2. The summed E-state index contributed by atoms with van der Waals surface area (Å²) >= 11 is 3.20. The molecule has 1 aliphatic heterocycles. The molecule has 0 saturated carbocycles. The van der Waals surface area contributed by atoms with Gasteiger partial charge in [-0.3, -0.25) is 19.8 Å². The molecule has 9 heteroatoms. The Labute approximate surface area is 193 Å². The van der Waals surface area contributed by atoms with Crippen molar-refractivity contribution < 1.29 is 29.0 Å². The zero-order valence-corrected chi connectivity index (χ0v) is 19.3. The van der Waals surface area contributed by atoms with Crippen molar-refractivity contribution in [3.05, 3.63) is 57.6 Å². The Morgan fingerprint density at radius 1 is 1.06 bits per heavy atom. The monoisotopic (exact) mass is 502 g/mol. The molecular weight excluding hydrogens is 480 g/mol. The average Bonchev–Trinajstić information content (AvgIpc) is 2.76. The highest BCUT2D eigenvalue weighted by molar-refractivity contribution is 9.10. The van der Waals surface area contributed by atoms with Crippen LogP contribution in [-0.2, 0) is 16.1 Å². The largest absolute Gasteiger partial charge is 0.507 e. The number of nitrogens with zero attached hydrogens (tertiary/aromatic N) is 1. The van der Waals surface area contributed by atoms with Crippen molar-refractivity contribution in [1.29, 1.82) is 0 Å². The summed E-state index contributed by atoms with van der Waals surface area (Å²) in [4.78, 5) is 38.6. The Morgan fingerprint density at radius 2 is 1.84 bits per heavy atom. The SMILES string of the molecule is CCCOc1ccc(CN2C(=O)NC(=O)/C(=C\c3ccc(O)c(Br)c3)C2=O)cc1OCC. The van der Waals surface area contributed by atoms with Crippen LogP contribution < -0.4 is 14.8 Å². The van der Waals surface area contributed by atoms with Crippen LogP contribution in [0.5, 0.6) is 17.2 Å². The van der Waals surface area contributed by atoms with Gasteiger partial charge in [0.2, 0.25) is 0 Å². The topological polar surface area (TPSA) is 105 Å². The van der Waals surface area contributed by atoms with E-state index in [-0.39, 0.29) is 17.9 Å². The molecule has 2 aromatic rings. The first-order chi connectivity index (χ1) is 15.3. The fourth-order valence-electron chi connectivity index (χ4n) is 3.05. The predicted octanol–water partition coefficient (Wildman–Crippen LogP) is 4.00. The van der Waals surface area contributed by atoms with Crippen LogP contribution in [0.3, 0.4) is 0 Å². The van der Waals surface area contributed by atoms with Gasteiger partial charge in [0, 0.05) is 0 Å². The fourth-order valence-corrected chi connectivity index (χ4v) is 3.45. The summed E-state index contributed by atoms with van der Waals surface area (Å²) < 4.78 is 11.7. The van der Waals surface area contributed by atoms with Gasteiger partial charge in [0.15, 0.2) is 11.5 Å². The first-order valence-corrected chi connectivity index (χ1v) is 10.9. The molecule has 1 saturated heterocycles. The van der Waals surface area contributed by atoms with E-state index in [4.69, 9.17) is 9.47 Å². The van der Waals surface area contributed by atoms with Crippen LogP contribution in [0.1, 0.15) is 31.4 Å². The molecule has 3 rings (SSSR count). The van der Waals surface area contributed by atoms with Gasteiger partial charge in [-0.05, 0) is 70.7 Å². The number of barbiturate groups is 1. The van der Waals surface area contributed by atoms with E-state index in [0.717, 1.165) is 11.3 Å². The molecule has 32 heavy (non-hydrogen) atoms. The summed E-state index contributed by atoms with van der Waals surface area (Å²) in [6.07, 6.45) is 2.21. The second kappa shape index (κ2) is 10.3. The summed E-state index contributed by atoms with van der Waals surface area (Å²) in [5, 5.41) is 11.8. The van der Waals surface area contributed by atoms with E-state index in [2.05, 4.69) is 21.2 Å². The zero-order valence-electron chi connectivity index (χ0n) is 17.7. The van der Waals surface area contributed by atoms with E-state index in [1.54, 1.807) is 30.3 Å². The molecular formula is C23H23BrN2O6. The lowest BCUT2D eigenvalue weighted by atomic mass is 10.1. The van der Waals surface area contributed by atoms with Crippen molar-refractivity contribution in [2.75, 3.05) is 13.2 Å². The van der Waals surface area contributed by atoms with Crippen LogP contribution >= 0.6 is 15.9 Å². The number of nitrogens with one attached hydrogen (secondary N) is 1. The van der Waals surface area contributed by atoms with Gasteiger partial charge in [0.25, 0.3) is 11.8 Å². The van der Waals surface area contributed by atoms with Crippen LogP contribution in [0.2, 0.25) is 0 Å². The van der Waals surface area contributed by atoms with Crippen molar-refractivity contribution in [3.63, 3.8) is 0 Å². The molecule has 0 unspecified atom stereocenters. The Bertz CT molecular complexity index is 1080. The lowest BCUT2D eigenvalue weighted by molar-refractivity contribution is -0.130. The molecule has 1 fully saturated rings. The number of benzene rings is 2. The summed E-state index contributed by atoms with van der Waals surface area (Å²) in [7, 11) is 0. The van der Waals surface area contributed by atoms with Gasteiger partial charge < -0.3 is 14.6 Å². The average molecular weight is 503 g/mol. The predicted molar refractivity (Wildman–Crippen MR) is 121 cm³/mol. The molecule has 4 amide bonds. The molecule has 1 aliphatic rings. The van der Waals surface area contributed by atoms with Crippen LogP contribution in [-0.4, -0.2) is 41.1 Å².